The minimum Gasteiger partial charge on any atom is -0.456 e. The van der Waals surface area contributed by atoms with Gasteiger partial charge in [-0.15, -0.1) is 0 Å². The number of hydrogen-bond acceptors (Lipinski definition) is 7. The molecule has 13 heteroatoms. The standard InChI is InChI=1S/C14H10ClF3N2O4.C3H7NO2/c1-19(21)12-7-9(3-4-11(12)20(22)23)24-13-5-2-8(6-10(13)15)14(16,17)18;1-4-3(5)6-2/h2-7,21H,1H3;1-2H3,(H,4,5). The first-order valence-electron chi connectivity index (χ1n) is 7.92. The molecular formula is C17H17ClF3N3O6. The Morgan fingerprint density at radius 3 is 2.30 bits per heavy atom. The Bertz CT molecular complexity index is 903. The number of nitrogens with one attached hydrogen (secondary N) is 1. The predicted octanol–water partition coefficient (Wildman–Crippen LogP) is 4.86. The molecule has 0 bridgehead atoms. The van der Waals surface area contributed by atoms with Gasteiger partial charge < -0.3 is 14.8 Å². The second kappa shape index (κ2) is 10.5. The number of nitro groups is 1. The van der Waals surface area contributed by atoms with E-state index in [0.29, 0.717) is 11.1 Å². The molecule has 2 rings (SSSR count). The summed E-state index contributed by atoms with van der Waals surface area (Å²) in [6.07, 6.45) is -4.95. The molecule has 2 N–H and O–H groups in total. The van der Waals surface area contributed by atoms with E-state index in [9.17, 15) is 33.3 Å². The number of anilines is 1. The van der Waals surface area contributed by atoms with Crippen molar-refractivity contribution in [3.8, 4) is 11.5 Å². The normalized spacial score (nSPS) is 10.4. The van der Waals surface area contributed by atoms with Gasteiger partial charge >= 0.3 is 12.3 Å². The van der Waals surface area contributed by atoms with Gasteiger partial charge in [-0.3, -0.25) is 20.4 Å². The van der Waals surface area contributed by atoms with Crippen LogP contribution < -0.4 is 15.1 Å². The number of carbonyl (C=O) groups is 1. The van der Waals surface area contributed by atoms with Crippen molar-refractivity contribution in [2.75, 3.05) is 26.3 Å². The number of alkyl carbamates (subject to hydrolysis) is 1. The highest BCUT2D eigenvalue weighted by Crippen LogP contribution is 2.38. The summed E-state index contributed by atoms with van der Waals surface area (Å²) >= 11 is 5.78. The van der Waals surface area contributed by atoms with Crippen LogP contribution in [-0.2, 0) is 10.9 Å². The lowest BCUT2D eigenvalue weighted by Gasteiger charge is -2.14. The zero-order valence-corrected chi connectivity index (χ0v) is 16.6. The number of nitrogens with zero attached hydrogens (tertiary/aromatic N) is 2. The molecule has 0 fully saturated rings. The van der Waals surface area contributed by atoms with Crippen molar-refractivity contribution in [1.82, 2.24) is 5.32 Å². The van der Waals surface area contributed by atoms with Crippen LogP contribution in [-0.4, -0.2) is 37.4 Å². The van der Waals surface area contributed by atoms with E-state index in [-0.39, 0.29) is 27.9 Å². The van der Waals surface area contributed by atoms with Gasteiger partial charge in [-0.1, -0.05) is 11.6 Å². The largest absolute Gasteiger partial charge is 0.456 e. The number of alkyl halides is 3. The van der Waals surface area contributed by atoms with E-state index >= 15 is 0 Å². The molecule has 0 saturated heterocycles. The molecule has 0 aliphatic rings. The fourth-order valence-corrected chi connectivity index (χ4v) is 2.19. The Kier molecular flexibility index (Phi) is 8.68. The topological polar surface area (TPSA) is 114 Å². The van der Waals surface area contributed by atoms with Gasteiger partial charge in [0.15, 0.2) is 0 Å². The lowest BCUT2D eigenvalue weighted by Crippen LogP contribution is -2.16. The van der Waals surface area contributed by atoms with E-state index in [1.807, 2.05) is 0 Å². The third kappa shape index (κ3) is 6.97. The number of halogens is 4. The molecule has 0 radical (unpaired) electrons. The number of rotatable bonds is 4. The van der Waals surface area contributed by atoms with E-state index in [1.165, 1.54) is 27.3 Å². The summed E-state index contributed by atoms with van der Waals surface area (Å²) in [5, 5.41) is 22.8. The van der Waals surface area contributed by atoms with Crippen molar-refractivity contribution in [2.24, 2.45) is 0 Å². The van der Waals surface area contributed by atoms with E-state index < -0.39 is 22.8 Å². The van der Waals surface area contributed by atoms with E-state index in [1.54, 1.807) is 0 Å². The summed E-state index contributed by atoms with van der Waals surface area (Å²) < 4.78 is 47.3. The van der Waals surface area contributed by atoms with E-state index in [4.69, 9.17) is 16.3 Å². The van der Waals surface area contributed by atoms with Crippen molar-refractivity contribution >= 4 is 29.1 Å². The number of benzene rings is 2. The van der Waals surface area contributed by atoms with Crippen LogP contribution in [0.1, 0.15) is 5.56 Å². The van der Waals surface area contributed by atoms with Crippen LogP contribution >= 0.6 is 11.6 Å². The molecule has 2 aromatic rings. The number of hydrogen-bond donors (Lipinski definition) is 2. The van der Waals surface area contributed by atoms with Gasteiger partial charge in [0, 0.05) is 26.2 Å². The molecule has 0 atom stereocenters. The average Bonchev–Trinajstić information content (AvgIpc) is 2.68. The highest BCUT2D eigenvalue weighted by atomic mass is 35.5. The van der Waals surface area contributed by atoms with Gasteiger partial charge in [0.1, 0.15) is 17.2 Å². The molecule has 164 valence electrons. The molecule has 30 heavy (non-hydrogen) atoms. The number of amides is 1. The summed E-state index contributed by atoms with van der Waals surface area (Å²) in [5.74, 6) is -0.0109. The Labute approximate surface area is 173 Å². The monoisotopic (exact) mass is 451 g/mol. The maximum absolute atomic E-state index is 12.6. The van der Waals surface area contributed by atoms with Gasteiger partial charge in [0.2, 0.25) is 0 Å². The number of hydroxylamine groups is 1. The van der Waals surface area contributed by atoms with Crippen LogP contribution in [0.15, 0.2) is 36.4 Å². The molecule has 0 spiro atoms. The second-order valence-corrected chi connectivity index (χ2v) is 5.83. The Balaban J connectivity index is 0.000000656. The Morgan fingerprint density at radius 2 is 1.90 bits per heavy atom. The van der Waals surface area contributed by atoms with Gasteiger partial charge in [-0.05, 0) is 24.3 Å². The molecule has 0 unspecified atom stereocenters. The van der Waals surface area contributed by atoms with E-state index in [0.717, 1.165) is 24.3 Å². The van der Waals surface area contributed by atoms with Gasteiger partial charge in [0.05, 0.1) is 22.6 Å². The number of nitro benzene ring substituents is 1. The number of ether oxygens (including phenoxy) is 2. The molecule has 1 amide bonds. The predicted molar refractivity (Wildman–Crippen MR) is 101 cm³/mol. The molecule has 0 aliphatic carbocycles. The molecule has 0 heterocycles. The van der Waals surface area contributed by atoms with Crippen molar-refractivity contribution in [2.45, 2.75) is 6.18 Å². The summed E-state index contributed by atoms with van der Waals surface area (Å²) in [4.78, 5) is 20.0. The van der Waals surface area contributed by atoms with Crippen LogP contribution in [0.3, 0.4) is 0 Å². The first kappa shape index (κ1) is 24.8. The van der Waals surface area contributed by atoms with Crippen LogP contribution in [0.5, 0.6) is 11.5 Å². The average molecular weight is 452 g/mol. The molecule has 9 nitrogen and oxygen atoms in total. The lowest BCUT2D eigenvalue weighted by atomic mass is 10.2. The Hall–Kier alpha value is -3.25. The number of carbonyl (C=O) groups excluding carboxylic acids is 1. The quantitative estimate of drug-likeness (QED) is 0.504. The first-order chi connectivity index (χ1) is 13.9. The van der Waals surface area contributed by atoms with Crippen LogP contribution in [0, 0.1) is 10.1 Å². The smallest absolute Gasteiger partial charge is 0.416 e. The van der Waals surface area contributed by atoms with Gasteiger partial charge in [0.25, 0.3) is 5.69 Å². The third-order valence-corrected chi connectivity index (χ3v) is 3.66. The molecular weight excluding hydrogens is 435 g/mol. The summed E-state index contributed by atoms with van der Waals surface area (Å²) in [5.41, 5.74) is -1.45. The highest BCUT2D eigenvalue weighted by Gasteiger charge is 2.31. The maximum Gasteiger partial charge on any atom is 0.416 e. The van der Waals surface area contributed by atoms with Crippen molar-refractivity contribution in [3.63, 3.8) is 0 Å². The molecule has 0 saturated carbocycles. The summed E-state index contributed by atoms with van der Waals surface area (Å²) in [7, 11) is 4.00. The van der Waals surface area contributed by atoms with E-state index in [2.05, 4.69) is 10.1 Å². The third-order valence-electron chi connectivity index (χ3n) is 3.37. The van der Waals surface area contributed by atoms with Crippen molar-refractivity contribution < 1.29 is 37.6 Å². The zero-order chi connectivity index (χ0) is 23.1. The molecule has 0 aromatic heterocycles. The zero-order valence-electron chi connectivity index (χ0n) is 15.9. The maximum atomic E-state index is 12.6. The fourth-order valence-electron chi connectivity index (χ4n) is 1.97. The Morgan fingerprint density at radius 1 is 1.27 bits per heavy atom. The first-order valence-corrected chi connectivity index (χ1v) is 8.29. The number of methoxy groups -OCH3 is 1. The molecule has 0 aliphatic heterocycles. The van der Waals surface area contributed by atoms with Crippen LogP contribution in [0.4, 0.5) is 29.3 Å². The summed E-state index contributed by atoms with van der Waals surface area (Å²) in [6.45, 7) is 0. The van der Waals surface area contributed by atoms with Gasteiger partial charge in [-0.2, -0.15) is 13.2 Å². The van der Waals surface area contributed by atoms with Gasteiger partial charge in [-0.25, -0.2) is 4.79 Å². The molecule has 2 aromatic carbocycles. The SMILES string of the molecule is CN(O)c1cc(Oc2ccc(C(F)(F)F)cc2Cl)ccc1[N+](=O)[O-].CNC(=O)OC. The van der Waals surface area contributed by atoms with Crippen LogP contribution in [0.25, 0.3) is 0 Å². The summed E-state index contributed by atoms with van der Waals surface area (Å²) in [6, 6.07) is 6.03. The minimum absolute atomic E-state index is 0.0539. The van der Waals surface area contributed by atoms with Crippen molar-refractivity contribution in [1.29, 1.82) is 0 Å². The highest BCUT2D eigenvalue weighted by molar-refractivity contribution is 6.32. The minimum atomic E-state index is -4.54. The van der Waals surface area contributed by atoms with Crippen molar-refractivity contribution in [3.05, 3.63) is 57.1 Å². The second-order valence-electron chi connectivity index (χ2n) is 5.42. The lowest BCUT2D eigenvalue weighted by molar-refractivity contribution is -0.384. The fraction of sp³-hybridized carbons (Fsp3) is 0.235. The van der Waals surface area contributed by atoms with Crippen LogP contribution in [0.2, 0.25) is 5.02 Å².